The summed E-state index contributed by atoms with van der Waals surface area (Å²) in [5.74, 6) is 0.0766. The van der Waals surface area contributed by atoms with Gasteiger partial charge >= 0.3 is 0 Å². The summed E-state index contributed by atoms with van der Waals surface area (Å²) in [6.45, 7) is 0.819. The van der Waals surface area contributed by atoms with Crippen LogP contribution in [0.5, 0.6) is 5.75 Å². The quantitative estimate of drug-likeness (QED) is 0.692. The van der Waals surface area contributed by atoms with Crippen LogP contribution in [0.2, 0.25) is 0 Å². The van der Waals surface area contributed by atoms with E-state index >= 15 is 0 Å². The molecule has 6 nitrogen and oxygen atoms in total. The van der Waals surface area contributed by atoms with E-state index in [0.29, 0.717) is 28.9 Å². The van der Waals surface area contributed by atoms with Crippen molar-refractivity contribution in [2.24, 2.45) is 0 Å². The lowest BCUT2D eigenvalue weighted by Gasteiger charge is -2.39. The zero-order chi connectivity index (χ0) is 20.7. The molecule has 4 heterocycles. The summed E-state index contributed by atoms with van der Waals surface area (Å²) in [4.78, 5) is 19.7. The minimum atomic E-state index is -0.263. The highest BCUT2D eigenvalue weighted by molar-refractivity contribution is 6.00. The minimum Gasteiger partial charge on any atom is -0.491 e. The van der Waals surface area contributed by atoms with Crippen molar-refractivity contribution in [2.75, 3.05) is 7.11 Å². The van der Waals surface area contributed by atoms with Crippen molar-refractivity contribution in [3.63, 3.8) is 0 Å². The van der Waals surface area contributed by atoms with Crippen molar-refractivity contribution in [1.82, 2.24) is 15.2 Å². The maximum Gasteiger partial charge on any atom is 0.291 e. The Morgan fingerprint density at radius 1 is 1.23 bits per heavy atom. The van der Waals surface area contributed by atoms with Crippen molar-refractivity contribution in [2.45, 2.75) is 50.4 Å². The van der Waals surface area contributed by atoms with Gasteiger partial charge in [-0.15, -0.1) is 0 Å². The van der Waals surface area contributed by atoms with E-state index < -0.39 is 0 Å². The van der Waals surface area contributed by atoms with Crippen LogP contribution in [-0.2, 0) is 6.54 Å². The number of hydrogen-bond donors (Lipinski definition) is 1. The molecule has 2 bridgehead atoms. The molecule has 2 unspecified atom stereocenters. The monoisotopic (exact) mass is 409 g/mol. The van der Waals surface area contributed by atoms with Gasteiger partial charge in [0.05, 0.1) is 7.11 Å². The first-order chi connectivity index (χ1) is 14.6. The summed E-state index contributed by atoms with van der Waals surface area (Å²) < 4.78 is 24.3. The van der Waals surface area contributed by atoms with E-state index in [4.69, 9.17) is 9.15 Å². The zero-order valence-corrected chi connectivity index (χ0v) is 16.8. The number of pyridine rings is 1. The maximum atomic E-state index is 13.2. The summed E-state index contributed by atoms with van der Waals surface area (Å²) in [5.41, 5.74) is 2.21. The van der Waals surface area contributed by atoms with E-state index in [2.05, 4.69) is 15.2 Å². The van der Waals surface area contributed by atoms with Crippen LogP contribution in [0.3, 0.4) is 0 Å². The Morgan fingerprint density at radius 3 is 2.67 bits per heavy atom. The van der Waals surface area contributed by atoms with Gasteiger partial charge in [-0.2, -0.15) is 0 Å². The Kier molecular flexibility index (Phi) is 4.90. The first kappa shape index (κ1) is 19.1. The Balaban J connectivity index is 1.28. The van der Waals surface area contributed by atoms with Crippen LogP contribution < -0.4 is 10.1 Å². The topological polar surface area (TPSA) is 67.6 Å². The van der Waals surface area contributed by atoms with Gasteiger partial charge in [-0.3, -0.25) is 9.69 Å². The Bertz CT molecular complexity index is 1050. The Hall–Kier alpha value is -2.93. The zero-order valence-electron chi connectivity index (χ0n) is 16.8. The largest absolute Gasteiger partial charge is 0.491 e. The predicted octanol–water partition coefficient (Wildman–Crippen LogP) is 3.90. The summed E-state index contributed by atoms with van der Waals surface area (Å²) in [6.07, 6.45) is 5.68. The fourth-order valence-corrected chi connectivity index (χ4v) is 4.95. The third-order valence-corrected chi connectivity index (χ3v) is 6.31. The predicted molar refractivity (Wildman–Crippen MR) is 110 cm³/mol. The van der Waals surface area contributed by atoms with Crippen LogP contribution in [0.4, 0.5) is 4.39 Å². The standard InChI is InChI=1S/C23H24FN3O3/c1-29-21-20-19(3-2-10-25-20)30-22(21)23(28)26-16-11-17-8-9-18(12-16)27(17)13-14-4-6-15(24)7-5-14/h2-7,10,16-18H,8-9,11-13H2,1H3,(H,26,28). The van der Waals surface area contributed by atoms with Gasteiger partial charge in [0, 0.05) is 30.9 Å². The highest BCUT2D eigenvalue weighted by atomic mass is 19.1. The summed E-state index contributed by atoms with van der Waals surface area (Å²) in [6, 6.07) is 11.2. The number of benzene rings is 1. The number of furan rings is 1. The van der Waals surface area contributed by atoms with E-state index in [1.165, 1.54) is 19.2 Å². The number of rotatable bonds is 5. The molecule has 2 aliphatic rings. The second kappa shape index (κ2) is 7.72. The third-order valence-electron chi connectivity index (χ3n) is 6.31. The van der Waals surface area contributed by atoms with Crippen molar-refractivity contribution in [3.8, 4) is 5.75 Å². The van der Waals surface area contributed by atoms with Gasteiger partial charge in [-0.25, -0.2) is 9.37 Å². The molecule has 0 saturated carbocycles. The van der Waals surface area contributed by atoms with Crippen molar-refractivity contribution >= 4 is 17.0 Å². The average Bonchev–Trinajstić information content (AvgIpc) is 3.23. The lowest BCUT2D eigenvalue weighted by molar-refractivity contribution is 0.0803. The molecule has 5 rings (SSSR count). The third kappa shape index (κ3) is 3.43. The number of methoxy groups -OCH3 is 1. The molecule has 1 N–H and O–H groups in total. The fourth-order valence-electron chi connectivity index (χ4n) is 4.95. The van der Waals surface area contributed by atoms with Gasteiger partial charge in [0.1, 0.15) is 5.82 Å². The smallest absolute Gasteiger partial charge is 0.291 e. The number of nitrogens with zero attached hydrogens (tertiary/aromatic N) is 2. The van der Waals surface area contributed by atoms with Crippen LogP contribution in [0.25, 0.3) is 11.1 Å². The summed E-state index contributed by atoms with van der Waals surface area (Å²) >= 11 is 0. The number of carbonyl (C=O) groups is 1. The average molecular weight is 409 g/mol. The number of halogens is 1. The number of hydrogen-bond acceptors (Lipinski definition) is 5. The molecule has 2 saturated heterocycles. The molecule has 30 heavy (non-hydrogen) atoms. The van der Waals surface area contributed by atoms with Crippen molar-refractivity contribution < 1.29 is 18.3 Å². The van der Waals surface area contributed by atoms with Gasteiger partial charge < -0.3 is 14.5 Å². The van der Waals surface area contributed by atoms with Crippen molar-refractivity contribution in [3.05, 3.63) is 59.7 Å². The normalized spacial score (nSPS) is 23.6. The molecule has 7 heteroatoms. The Labute approximate surface area is 174 Å². The lowest BCUT2D eigenvalue weighted by Crippen LogP contribution is -2.49. The highest BCUT2D eigenvalue weighted by Crippen LogP contribution is 2.37. The van der Waals surface area contributed by atoms with E-state index in [1.54, 1.807) is 18.3 Å². The molecule has 1 aromatic carbocycles. The maximum absolute atomic E-state index is 13.2. The second-order valence-corrected chi connectivity index (χ2v) is 8.14. The number of fused-ring (bicyclic) bond motifs is 3. The first-order valence-electron chi connectivity index (χ1n) is 10.3. The van der Waals surface area contributed by atoms with Gasteiger partial charge in [0.2, 0.25) is 5.76 Å². The number of piperidine rings is 1. The number of ether oxygens (including phenoxy) is 1. The van der Waals surface area contributed by atoms with Gasteiger partial charge in [0.15, 0.2) is 16.8 Å². The molecular formula is C23H24FN3O3. The van der Waals surface area contributed by atoms with E-state index in [9.17, 15) is 9.18 Å². The molecule has 3 aromatic rings. The van der Waals surface area contributed by atoms with Crippen LogP contribution in [0.15, 0.2) is 47.0 Å². The molecule has 2 fully saturated rings. The lowest BCUT2D eigenvalue weighted by atomic mass is 9.96. The summed E-state index contributed by atoms with van der Waals surface area (Å²) in [5, 5.41) is 3.15. The second-order valence-electron chi connectivity index (χ2n) is 8.14. The minimum absolute atomic E-state index is 0.0883. The molecule has 1 amide bonds. The number of aromatic nitrogens is 1. The van der Waals surface area contributed by atoms with Crippen LogP contribution in [-0.4, -0.2) is 41.0 Å². The highest BCUT2D eigenvalue weighted by Gasteiger charge is 2.41. The van der Waals surface area contributed by atoms with E-state index in [-0.39, 0.29) is 23.5 Å². The molecule has 2 aromatic heterocycles. The summed E-state index contributed by atoms with van der Waals surface area (Å²) in [7, 11) is 1.52. The van der Waals surface area contributed by atoms with Gasteiger partial charge in [-0.1, -0.05) is 12.1 Å². The SMILES string of the molecule is COc1c(C(=O)NC2CC3CCC(C2)N3Cc2ccc(F)cc2)oc2cccnc12. The molecule has 0 aliphatic carbocycles. The number of carbonyl (C=O) groups excluding carboxylic acids is 1. The molecule has 156 valence electrons. The first-order valence-corrected chi connectivity index (χ1v) is 10.3. The molecular weight excluding hydrogens is 385 g/mol. The van der Waals surface area contributed by atoms with Crippen LogP contribution in [0, 0.1) is 5.82 Å². The Morgan fingerprint density at radius 2 is 1.97 bits per heavy atom. The van der Waals surface area contributed by atoms with E-state index in [1.807, 2.05) is 12.1 Å². The molecule has 2 aliphatic heterocycles. The molecule has 2 atom stereocenters. The molecule has 0 radical (unpaired) electrons. The number of amides is 1. The van der Waals surface area contributed by atoms with Gasteiger partial charge in [0.25, 0.3) is 5.91 Å². The van der Waals surface area contributed by atoms with Gasteiger partial charge in [-0.05, 0) is 55.5 Å². The number of nitrogens with one attached hydrogen (secondary N) is 1. The van der Waals surface area contributed by atoms with Crippen molar-refractivity contribution in [1.29, 1.82) is 0 Å². The van der Waals surface area contributed by atoms with Crippen LogP contribution >= 0.6 is 0 Å². The van der Waals surface area contributed by atoms with Crippen LogP contribution in [0.1, 0.15) is 41.8 Å². The fraction of sp³-hybridized carbons (Fsp3) is 0.391. The van der Waals surface area contributed by atoms with E-state index in [0.717, 1.165) is 37.8 Å². The molecule has 0 spiro atoms.